The van der Waals surface area contributed by atoms with Gasteiger partial charge in [-0.2, -0.15) is 5.26 Å². The van der Waals surface area contributed by atoms with E-state index in [0.717, 1.165) is 0 Å². The average Bonchev–Trinajstić information content (AvgIpc) is 2.51. The second-order valence-electron chi connectivity index (χ2n) is 4.81. The van der Waals surface area contributed by atoms with Crippen LogP contribution < -0.4 is 4.74 Å². The monoisotopic (exact) mass is 279 g/mol. The molecule has 0 radical (unpaired) electrons. The summed E-state index contributed by atoms with van der Waals surface area (Å²) in [7, 11) is 0. The fourth-order valence-electron chi connectivity index (χ4n) is 2.14. The Morgan fingerprint density at radius 3 is 2.62 bits per heavy atom. The number of nitrogens with zero attached hydrogens (tertiary/aromatic N) is 3. The van der Waals surface area contributed by atoms with E-state index in [1.807, 2.05) is 18.2 Å². The van der Waals surface area contributed by atoms with Gasteiger partial charge in [-0.05, 0) is 30.3 Å². The van der Waals surface area contributed by atoms with Gasteiger partial charge in [0.1, 0.15) is 6.10 Å². The molecule has 0 saturated carbocycles. The minimum absolute atomic E-state index is 0.0118. The first-order valence-electron chi connectivity index (χ1n) is 6.63. The highest BCUT2D eigenvalue weighted by Gasteiger charge is 2.32. The molecule has 1 aliphatic heterocycles. The smallest absolute Gasteiger partial charge is 0.254 e. The predicted molar refractivity (Wildman–Crippen MR) is 75.7 cm³/mol. The second-order valence-corrected chi connectivity index (χ2v) is 4.81. The lowest BCUT2D eigenvalue weighted by Gasteiger charge is -2.38. The van der Waals surface area contributed by atoms with Crippen LogP contribution in [0.4, 0.5) is 0 Å². The van der Waals surface area contributed by atoms with Gasteiger partial charge in [-0.3, -0.25) is 4.79 Å². The summed E-state index contributed by atoms with van der Waals surface area (Å²) in [4.78, 5) is 18.0. The van der Waals surface area contributed by atoms with Gasteiger partial charge >= 0.3 is 0 Å². The number of carbonyl (C=O) groups is 1. The molecule has 1 saturated heterocycles. The van der Waals surface area contributed by atoms with Crippen LogP contribution in [-0.2, 0) is 0 Å². The number of hydrogen-bond acceptors (Lipinski definition) is 4. The number of benzene rings is 1. The Kier molecular flexibility index (Phi) is 3.52. The molecule has 1 aromatic heterocycles. The van der Waals surface area contributed by atoms with Gasteiger partial charge < -0.3 is 9.64 Å². The van der Waals surface area contributed by atoms with Crippen LogP contribution >= 0.6 is 0 Å². The number of amides is 1. The zero-order valence-corrected chi connectivity index (χ0v) is 11.3. The van der Waals surface area contributed by atoms with Crippen molar-refractivity contribution >= 4 is 5.91 Å². The van der Waals surface area contributed by atoms with Gasteiger partial charge in [0.15, 0.2) is 0 Å². The molecule has 0 spiro atoms. The minimum Gasteiger partial charge on any atom is -0.471 e. The van der Waals surface area contributed by atoms with E-state index in [9.17, 15) is 4.79 Å². The lowest BCUT2D eigenvalue weighted by atomic mass is 10.1. The maximum atomic E-state index is 12.2. The first-order valence-corrected chi connectivity index (χ1v) is 6.63. The van der Waals surface area contributed by atoms with Gasteiger partial charge in [-0.25, -0.2) is 4.98 Å². The number of carbonyl (C=O) groups excluding carboxylic acids is 1. The summed E-state index contributed by atoms with van der Waals surface area (Å²) in [6.45, 7) is 1.10. The third-order valence-electron chi connectivity index (χ3n) is 3.32. The van der Waals surface area contributed by atoms with Crippen LogP contribution in [0.25, 0.3) is 0 Å². The fraction of sp³-hybridized carbons (Fsp3) is 0.188. The molecule has 0 bridgehead atoms. The van der Waals surface area contributed by atoms with E-state index >= 15 is 0 Å². The molecular weight excluding hydrogens is 266 g/mol. The summed E-state index contributed by atoms with van der Waals surface area (Å²) in [6, 6.07) is 14.2. The van der Waals surface area contributed by atoms with Gasteiger partial charge in [-0.15, -0.1) is 0 Å². The van der Waals surface area contributed by atoms with E-state index in [2.05, 4.69) is 4.98 Å². The van der Waals surface area contributed by atoms with Crippen molar-refractivity contribution in [2.24, 2.45) is 0 Å². The van der Waals surface area contributed by atoms with Crippen molar-refractivity contribution in [1.29, 1.82) is 5.26 Å². The number of hydrogen-bond donors (Lipinski definition) is 0. The van der Waals surface area contributed by atoms with Gasteiger partial charge in [0.25, 0.3) is 5.91 Å². The molecule has 2 aromatic rings. The number of ether oxygens (including phenoxy) is 1. The first kappa shape index (κ1) is 13.1. The zero-order chi connectivity index (χ0) is 14.7. The topological polar surface area (TPSA) is 66.2 Å². The van der Waals surface area contributed by atoms with Gasteiger partial charge in [-0.1, -0.05) is 6.07 Å². The number of nitriles is 1. The zero-order valence-electron chi connectivity index (χ0n) is 11.3. The molecular formula is C16H13N3O2. The Bertz CT molecular complexity index is 671. The van der Waals surface area contributed by atoms with Crippen LogP contribution in [-0.4, -0.2) is 35.0 Å². The lowest BCUT2D eigenvalue weighted by molar-refractivity contribution is 0.0160. The molecule has 2 heterocycles. The highest BCUT2D eigenvalue weighted by molar-refractivity contribution is 5.94. The molecule has 3 rings (SSSR count). The molecule has 1 amide bonds. The molecule has 1 fully saturated rings. The molecule has 1 aliphatic rings. The summed E-state index contributed by atoms with van der Waals surface area (Å²) < 4.78 is 5.66. The Hall–Kier alpha value is -2.87. The average molecular weight is 279 g/mol. The standard InChI is InChI=1S/C16H13N3O2/c17-9-12-4-6-13(7-5-12)16(20)19-10-14(11-19)21-15-3-1-2-8-18-15/h1-8,14H,10-11H2. The molecule has 104 valence electrons. The molecule has 0 N–H and O–H groups in total. The maximum absolute atomic E-state index is 12.2. The fourth-order valence-corrected chi connectivity index (χ4v) is 2.14. The number of likely N-dealkylation sites (tertiary alicyclic amines) is 1. The molecule has 0 unspecified atom stereocenters. The Labute approximate surface area is 122 Å². The van der Waals surface area contributed by atoms with Crippen molar-refractivity contribution in [3.8, 4) is 11.9 Å². The van der Waals surface area contributed by atoms with Crippen LogP contribution in [0.3, 0.4) is 0 Å². The third kappa shape index (κ3) is 2.84. The second kappa shape index (κ2) is 5.63. The van der Waals surface area contributed by atoms with Crippen molar-refractivity contribution in [2.45, 2.75) is 6.10 Å². The Balaban J connectivity index is 1.56. The highest BCUT2D eigenvalue weighted by atomic mass is 16.5. The molecule has 0 atom stereocenters. The summed E-state index contributed by atoms with van der Waals surface area (Å²) in [5, 5.41) is 8.74. The van der Waals surface area contributed by atoms with E-state index in [4.69, 9.17) is 10.00 Å². The van der Waals surface area contributed by atoms with E-state index < -0.39 is 0 Å². The van der Waals surface area contributed by atoms with Crippen molar-refractivity contribution in [3.05, 3.63) is 59.8 Å². The molecule has 5 heteroatoms. The quantitative estimate of drug-likeness (QED) is 0.860. The molecule has 0 aliphatic carbocycles. The van der Waals surface area contributed by atoms with Crippen LogP contribution in [0.1, 0.15) is 15.9 Å². The molecule has 1 aromatic carbocycles. The van der Waals surface area contributed by atoms with Crippen molar-refractivity contribution in [3.63, 3.8) is 0 Å². The summed E-state index contributed by atoms with van der Waals surface area (Å²) >= 11 is 0. The predicted octanol–water partition coefficient (Wildman–Crippen LogP) is 1.86. The normalized spacial score (nSPS) is 14.1. The van der Waals surface area contributed by atoms with E-state index in [1.54, 1.807) is 41.4 Å². The third-order valence-corrected chi connectivity index (χ3v) is 3.32. The summed E-state index contributed by atoms with van der Waals surface area (Å²) in [6.07, 6.45) is 1.66. The molecule has 5 nitrogen and oxygen atoms in total. The molecule has 21 heavy (non-hydrogen) atoms. The van der Waals surface area contributed by atoms with Crippen molar-refractivity contribution < 1.29 is 9.53 Å². The lowest BCUT2D eigenvalue weighted by Crippen LogP contribution is -2.56. The van der Waals surface area contributed by atoms with Gasteiger partial charge in [0, 0.05) is 17.8 Å². The SMILES string of the molecule is N#Cc1ccc(C(=O)N2CC(Oc3ccccn3)C2)cc1. The van der Waals surface area contributed by atoms with Crippen LogP contribution in [0.15, 0.2) is 48.7 Å². The van der Waals surface area contributed by atoms with E-state index in [0.29, 0.717) is 30.1 Å². The van der Waals surface area contributed by atoms with E-state index in [1.165, 1.54) is 0 Å². The Morgan fingerprint density at radius 1 is 1.24 bits per heavy atom. The van der Waals surface area contributed by atoms with Gasteiger partial charge in [0.2, 0.25) is 5.88 Å². The highest BCUT2D eigenvalue weighted by Crippen LogP contribution is 2.18. The maximum Gasteiger partial charge on any atom is 0.254 e. The largest absolute Gasteiger partial charge is 0.471 e. The van der Waals surface area contributed by atoms with E-state index in [-0.39, 0.29) is 12.0 Å². The Morgan fingerprint density at radius 2 is 2.00 bits per heavy atom. The number of pyridine rings is 1. The first-order chi connectivity index (χ1) is 10.3. The van der Waals surface area contributed by atoms with Crippen LogP contribution in [0.2, 0.25) is 0 Å². The van der Waals surface area contributed by atoms with Crippen LogP contribution in [0.5, 0.6) is 5.88 Å². The summed E-state index contributed by atoms with van der Waals surface area (Å²) in [5.41, 5.74) is 1.14. The minimum atomic E-state index is -0.0413. The van der Waals surface area contributed by atoms with Crippen LogP contribution in [0, 0.1) is 11.3 Å². The van der Waals surface area contributed by atoms with Crippen molar-refractivity contribution in [1.82, 2.24) is 9.88 Å². The van der Waals surface area contributed by atoms with Gasteiger partial charge in [0.05, 0.1) is 24.7 Å². The van der Waals surface area contributed by atoms with Crippen molar-refractivity contribution in [2.75, 3.05) is 13.1 Å². The number of aromatic nitrogens is 1. The number of rotatable bonds is 3. The summed E-state index contributed by atoms with van der Waals surface area (Å²) in [5.74, 6) is 0.535.